The Labute approximate surface area is 131 Å². The summed E-state index contributed by atoms with van der Waals surface area (Å²) in [6.45, 7) is 2.07. The summed E-state index contributed by atoms with van der Waals surface area (Å²) >= 11 is 3.48. The maximum Gasteiger partial charge on any atom is 0.154 e. The lowest BCUT2D eigenvalue weighted by molar-refractivity contribution is 0.772. The number of hydrogen-bond donors (Lipinski definition) is 0. The Balaban J connectivity index is 1.60. The molecular weight excluding hydrogens is 328 g/mol. The molecule has 1 aliphatic rings. The Morgan fingerprint density at radius 3 is 2.81 bits per heavy atom. The highest BCUT2D eigenvalue weighted by atomic mass is 79.9. The summed E-state index contributed by atoms with van der Waals surface area (Å²) in [6, 6.07) is 14.8. The maximum atomic E-state index is 4.68. The summed E-state index contributed by atoms with van der Waals surface area (Å²) in [5.74, 6) is 1.61. The smallest absolute Gasteiger partial charge is 0.154 e. The molecule has 1 unspecified atom stereocenters. The second-order valence-corrected chi connectivity index (χ2v) is 6.20. The van der Waals surface area contributed by atoms with Crippen molar-refractivity contribution in [2.24, 2.45) is 0 Å². The van der Waals surface area contributed by atoms with Gasteiger partial charge in [-0.3, -0.25) is 0 Å². The third kappa shape index (κ3) is 2.31. The second kappa shape index (κ2) is 5.15. The molecule has 0 spiro atoms. The van der Waals surface area contributed by atoms with Gasteiger partial charge in [-0.05, 0) is 40.0 Å². The van der Waals surface area contributed by atoms with Crippen LogP contribution in [-0.2, 0) is 0 Å². The van der Waals surface area contributed by atoms with Gasteiger partial charge in [0, 0.05) is 19.0 Å². The predicted octanol–water partition coefficient (Wildman–Crippen LogP) is 3.49. The van der Waals surface area contributed by atoms with E-state index in [1.54, 1.807) is 6.20 Å². The van der Waals surface area contributed by atoms with Gasteiger partial charge in [-0.15, -0.1) is 5.10 Å². The Kier molecular flexibility index (Phi) is 3.15. The fraction of sp³-hybridized carbons (Fsp3) is 0.250. The molecule has 1 atom stereocenters. The van der Waals surface area contributed by atoms with Gasteiger partial charge in [0.15, 0.2) is 5.65 Å². The van der Waals surface area contributed by atoms with Crippen LogP contribution in [0.25, 0.3) is 5.65 Å². The van der Waals surface area contributed by atoms with Crippen LogP contribution in [0.1, 0.15) is 17.9 Å². The molecule has 1 saturated heterocycles. The van der Waals surface area contributed by atoms with Gasteiger partial charge >= 0.3 is 0 Å². The highest BCUT2D eigenvalue weighted by Crippen LogP contribution is 2.29. The van der Waals surface area contributed by atoms with Crippen molar-refractivity contribution in [1.29, 1.82) is 0 Å². The van der Waals surface area contributed by atoms with E-state index in [0.29, 0.717) is 5.92 Å². The van der Waals surface area contributed by atoms with E-state index in [4.69, 9.17) is 0 Å². The Morgan fingerprint density at radius 1 is 1.10 bits per heavy atom. The van der Waals surface area contributed by atoms with Crippen molar-refractivity contribution >= 4 is 27.4 Å². The van der Waals surface area contributed by atoms with Crippen LogP contribution >= 0.6 is 15.9 Å². The molecule has 0 aliphatic carbocycles. The quantitative estimate of drug-likeness (QED) is 0.714. The topological polar surface area (TPSA) is 33.4 Å². The van der Waals surface area contributed by atoms with Crippen molar-refractivity contribution in [2.75, 3.05) is 18.0 Å². The van der Waals surface area contributed by atoms with Crippen LogP contribution in [0.5, 0.6) is 0 Å². The SMILES string of the molecule is Brc1cnc2ccc(N3CCC(c4ccccc4)C3)nn12. The highest BCUT2D eigenvalue weighted by Gasteiger charge is 2.25. The molecule has 1 fully saturated rings. The van der Waals surface area contributed by atoms with E-state index in [-0.39, 0.29) is 0 Å². The van der Waals surface area contributed by atoms with E-state index < -0.39 is 0 Å². The van der Waals surface area contributed by atoms with Crippen LogP contribution < -0.4 is 4.90 Å². The fourth-order valence-electron chi connectivity index (χ4n) is 2.97. The van der Waals surface area contributed by atoms with Gasteiger partial charge in [-0.1, -0.05) is 30.3 Å². The molecule has 0 N–H and O–H groups in total. The van der Waals surface area contributed by atoms with Crippen molar-refractivity contribution in [1.82, 2.24) is 14.6 Å². The number of nitrogens with zero attached hydrogens (tertiary/aromatic N) is 4. The molecule has 1 aromatic carbocycles. The number of imidazole rings is 1. The minimum absolute atomic E-state index is 0.593. The summed E-state index contributed by atoms with van der Waals surface area (Å²) in [5, 5.41) is 4.68. The molecule has 0 amide bonds. The van der Waals surface area contributed by atoms with Gasteiger partial charge in [-0.25, -0.2) is 9.50 Å². The number of benzene rings is 1. The van der Waals surface area contributed by atoms with Crippen molar-refractivity contribution in [2.45, 2.75) is 12.3 Å². The number of aromatic nitrogens is 3. The van der Waals surface area contributed by atoms with Crippen LogP contribution in [0.2, 0.25) is 0 Å². The van der Waals surface area contributed by atoms with Gasteiger partial charge in [0.2, 0.25) is 0 Å². The van der Waals surface area contributed by atoms with Gasteiger partial charge in [0.1, 0.15) is 10.4 Å². The molecule has 2 aromatic heterocycles. The number of hydrogen-bond acceptors (Lipinski definition) is 3. The highest BCUT2D eigenvalue weighted by molar-refractivity contribution is 9.10. The average Bonchev–Trinajstić information content (AvgIpc) is 3.16. The molecule has 0 bridgehead atoms. The standard InChI is InChI=1S/C16H15BrN4/c17-14-10-18-15-6-7-16(19-21(14)15)20-9-8-13(11-20)12-4-2-1-3-5-12/h1-7,10,13H,8-9,11H2. The molecule has 1 aliphatic heterocycles. The van der Waals surface area contributed by atoms with Crippen molar-refractivity contribution in [3.05, 3.63) is 58.8 Å². The van der Waals surface area contributed by atoms with Gasteiger partial charge in [0.25, 0.3) is 0 Å². The molecule has 5 heteroatoms. The lowest BCUT2D eigenvalue weighted by Crippen LogP contribution is -2.21. The molecule has 106 valence electrons. The number of anilines is 1. The molecule has 4 nitrogen and oxygen atoms in total. The summed E-state index contributed by atoms with van der Waals surface area (Å²) in [4.78, 5) is 6.63. The van der Waals surface area contributed by atoms with Crippen molar-refractivity contribution < 1.29 is 0 Å². The number of rotatable bonds is 2. The monoisotopic (exact) mass is 342 g/mol. The largest absolute Gasteiger partial charge is 0.355 e. The minimum Gasteiger partial charge on any atom is -0.355 e. The summed E-state index contributed by atoms with van der Waals surface area (Å²) in [7, 11) is 0. The average molecular weight is 343 g/mol. The second-order valence-electron chi connectivity index (χ2n) is 5.38. The third-order valence-electron chi connectivity index (χ3n) is 4.09. The lowest BCUT2D eigenvalue weighted by Gasteiger charge is -2.17. The van der Waals surface area contributed by atoms with E-state index in [2.05, 4.69) is 67.3 Å². The summed E-state index contributed by atoms with van der Waals surface area (Å²) in [5.41, 5.74) is 2.29. The first kappa shape index (κ1) is 12.8. The Bertz CT molecular complexity index is 768. The van der Waals surface area contributed by atoms with Gasteiger partial charge in [-0.2, -0.15) is 0 Å². The third-order valence-corrected chi connectivity index (χ3v) is 4.63. The zero-order valence-corrected chi connectivity index (χ0v) is 13.1. The van der Waals surface area contributed by atoms with E-state index >= 15 is 0 Å². The fourth-order valence-corrected chi connectivity index (χ4v) is 3.33. The zero-order chi connectivity index (χ0) is 14.2. The van der Waals surface area contributed by atoms with Crippen molar-refractivity contribution in [3.8, 4) is 0 Å². The minimum atomic E-state index is 0.593. The Hall–Kier alpha value is -1.88. The molecule has 3 heterocycles. The molecule has 0 radical (unpaired) electrons. The van der Waals surface area contributed by atoms with Crippen LogP contribution in [0, 0.1) is 0 Å². The number of halogens is 1. The van der Waals surface area contributed by atoms with E-state index in [1.807, 2.05) is 10.6 Å². The van der Waals surface area contributed by atoms with Crippen molar-refractivity contribution in [3.63, 3.8) is 0 Å². The summed E-state index contributed by atoms with van der Waals surface area (Å²) < 4.78 is 2.73. The lowest BCUT2D eigenvalue weighted by atomic mass is 9.99. The van der Waals surface area contributed by atoms with Gasteiger partial charge in [0.05, 0.1) is 6.20 Å². The first-order valence-electron chi connectivity index (χ1n) is 7.11. The zero-order valence-electron chi connectivity index (χ0n) is 11.5. The normalized spacial score (nSPS) is 18.5. The van der Waals surface area contributed by atoms with E-state index in [0.717, 1.165) is 29.2 Å². The van der Waals surface area contributed by atoms with Crippen LogP contribution in [0.15, 0.2) is 53.3 Å². The van der Waals surface area contributed by atoms with Gasteiger partial charge < -0.3 is 4.90 Å². The maximum absolute atomic E-state index is 4.68. The summed E-state index contributed by atoms with van der Waals surface area (Å²) in [6.07, 6.45) is 2.96. The first-order chi connectivity index (χ1) is 10.3. The molecule has 4 rings (SSSR count). The van der Waals surface area contributed by atoms with Crippen LogP contribution in [-0.4, -0.2) is 27.7 Å². The van der Waals surface area contributed by atoms with E-state index in [1.165, 1.54) is 12.0 Å². The number of fused-ring (bicyclic) bond motifs is 1. The van der Waals surface area contributed by atoms with Crippen LogP contribution in [0.4, 0.5) is 5.82 Å². The molecule has 0 saturated carbocycles. The van der Waals surface area contributed by atoms with E-state index in [9.17, 15) is 0 Å². The molecule has 21 heavy (non-hydrogen) atoms. The first-order valence-corrected chi connectivity index (χ1v) is 7.91. The van der Waals surface area contributed by atoms with Crippen LogP contribution in [0.3, 0.4) is 0 Å². The predicted molar refractivity (Wildman–Crippen MR) is 86.7 cm³/mol. The molecule has 3 aromatic rings. The molecular formula is C16H15BrN4. The Morgan fingerprint density at radius 2 is 1.95 bits per heavy atom.